The number of ether oxygens (including phenoxy) is 1. The SMILES string of the molecule is O=C(O)C(C(=O)O)c1ccc(-c2ccc(C(CC3CCOCC3)c3ccc(S(=O)(=O)C4CC4)cc3)[nH]2)nc1. The second-order valence-corrected chi connectivity index (χ2v) is 12.3. The van der Waals surface area contributed by atoms with Crippen LogP contribution in [0.5, 0.6) is 0 Å². The fraction of sp³-hybridized carbons (Fsp3) is 0.393. The Morgan fingerprint density at radius 2 is 1.58 bits per heavy atom. The summed E-state index contributed by atoms with van der Waals surface area (Å²) in [6.45, 7) is 1.46. The summed E-state index contributed by atoms with van der Waals surface area (Å²) in [5.74, 6) is -4.09. The average molecular weight is 539 g/mol. The number of carbonyl (C=O) groups is 2. The van der Waals surface area contributed by atoms with Crippen molar-refractivity contribution in [1.29, 1.82) is 0 Å². The molecule has 0 spiro atoms. The molecule has 1 saturated heterocycles. The third-order valence-electron chi connectivity index (χ3n) is 7.46. The molecule has 2 aliphatic rings. The molecule has 9 nitrogen and oxygen atoms in total. The fourth-order valence-corrected chi connectivity index (χ4v) is 6.77. The third kappa shape index (κ3) is 5.51. The summed E-state index contributed by atoms with van der Waals surface area (Å²) in [5, 5.41) is 18.2. The van der Waals surface area contributed by atoms with Crippen LogP contribution in [0.15, 0.2) is 59.6 Å². The first-order chi connectivity index (χ1) is 18.2. The fourth-order valence-electron chi connectivity index (χ4n) is 5.11. The van der Waals surface area contributed by atoms with E-state index >= 15 is 0 Å². The molecule has 1 aromatic carbocycles. The summed E-state index contributed by atoms with van der Waals surface area (Å²) in [7, 11) is -3.26. The van der Waals surface area contributed by atoms with E-state index in [1.807, 2.05) is 24.3 Å². The number of aromatic nitrogens is 2. The van der Waals surface area contributed by atoms with Gasteiger partial charge in [0.05, 0.1) is 21.5 Å². The van der Waals surface area contributed by atoms with Crippen LogP contribution >= 0.6 is 0 Å². The van der Waals surface area contributed by atoms with E-state index in [1.54, 1.807) is 18.2 Å². The predicted octanol–water partition coefficient (Wildman–Crippen LogP) is 4.21. The van der Waals surface area contributed by atoms with Gasteiger partial charge in [0, 0.05) is 31.0 Å². The summed E-state index contributed by atoms with van der Waals surface area (Å²) in [6, 6.07) is 14.2. The largest absolute Gasteiger partial charge is 0.480 e. The van der Waals surface area contributed by atoms with Crippen LogP contribution in [0.2, 0.25) is 0 Å². The van der Waals surface area contributed by atoms with Gasteiger partial charge in [0.15, 0.2) is 15.8 Å². The molecule has 1 saturated carbocycles. The quantitative estimate of drug-likeness (QED) is 0.325. The molecule has 38 heavy (non-hydrogen) atoms. The highest BCUT2D eigenvalue weighted by Gasteiger charge is 2.37. The number of nitrogens with one attached hydrogen (secondary N) is 1. The smallest absolute Gasteiger partial charge is 0.322 e. The number of H-pyrrole nitrogens is 1. The Bertz CT molecular complexity index is 1390. The van der Waals surface area contributed by atoms with Gasteiger partial charge in [-0.1, -0.05) is 18.2 Å². The van der Waals surface area contributed by atoms with E-state index < -0.39 is 27.7 Å². The van der Waals surface area contributed by atoms with Crippen LogP contribution in [0.4, 0.5) is 0 Å². The number of aromatic amines is 1. The van der Waals surface area contributed by atoms with Crippen LogP contribution < -0.4 is 0 Å². The number of benzene rings is 1. The second kappa shape index (κ2) is 10.7. The third-order valence-corrected chi connectivity index (χ3v) is 9.74. The van der Waals surface area contributed by atoms with Gasteiger partial charge in [-0.2, -0.15) is 0 Å². The molecule has 2 aromatic heterocycles. The van der Waals surface area contributed by atoms with Crippen molar-refractivity contribution in [3.8, 4) is 11.4 Å². The van der Waals surface area contributed by atoms with E-state index in [4.69, 9.17) is 4.74 Å². The van der Waals surface area contributed by atoms with E-state index in [0.29, 0.717) is 16.5 Å². The number of hydrogen-bond acceptors (Lipinski definition) is 6. The normalized spacial score (nSPS) is 17.4. The van der Waals surface area contributed by atoms with Crippen molar-refractivity contribution in [3.05, 3.63) is 71.5 Å². The molecule has 1 aliphatic heterocycles. The van der Waals surface area contributed by atoms with Crippen LogP contribution in [0, 0.1) is 5.92 Å². The van der Waals surface area contributed by atoms with Crippen molar-refractivity contribution < 1.29 is 33.0 Å². The number of carboxylic acids is 2. The van der Waals surface area contributed by atoms with Gasteiger partial charge in [0.25, 0.3) is 0 Å². The van der Waals surface area contributed by atoms with Gasteiger partial charge in [0.2, 0.25) is 0 Å². The van der Waals surface area contributed by atoms with Crippen molar-refractivity contribution in [3.63, 3.8) is 0 Å². The maximum Gasteiger partial charge on any atom is 0.322 e. The van der Waals surface area contributed by atoms with Crippen molar-refractivity contribution >= 4 is 21.8 Å². The van der Waals surface area contributed by atoms with Crippen LogP contribution in [0.1, 0.15) is 60.8 Å². The summed E-state index contributed by atoms with van der Waals surface area (Å²) in [4.78, 5) is 30.8. The first kappa shape index (κ1) is 26.1. The van der Waals surface area contributed by atoms with Crippen LogP contribution in [0.3, 0.4) is 0 Å². The monoisotopic (exact) mass is 538 g/mol. The zero-order valence-electron chi connectivity index (χ0n) is 20.7. The molecule has 200 valence electrons. The van der Waals surface area contributed by atoms with E-state index in [0.717, 1.165) is 62.3 Å². The lowest BCUT2D eigenvalue weighted by Crippen LogP contribution is -2.21. The lowest BCUT2D eigenvalue weighted by Gasteiger charge is -2.27. The molecule has 5 rings (SSSR count). The van der Waals surface area contributed by atoms with Crippen molar-refractivity contribution in [2.45, 2.75) is 54.1 Å². The Morgan fingerprint density at radius 1 is 0.921 bits per heavy atom. The highest BCUT2D eigenvalue weighted by molar-refractivity contribution is 7.92. The highest BCUT2D eigenvalue weighted by Crippen LogP contribution is 2.37. The van der Waals surface area contributed by atoms with Crippen molar-refractivity contribution in [1.82, 2.24) is 9.97 Å². The molecular weight excluding hydrogens is 508 g/mol. The Labute approximate surface area is 220 Å². The van der Waals surface area contributed by atoms with E-state index in [1.165, 1.54) is 12.3 Å². The molecule has 1 aliphatic carbocycles. The molecule has 3 heterocycles. The van der Waals surface area contributed by atoms with Gasteiger partial charge in [-0.15, -0.1) is 0 Å². The minimum absolute atomic E-state index is 0.00667. The van der Waals surface area contributed by atoms with Gasteiger partial charge in [-0.05, 0) is 79.5 Å². The maximum absolute atomic E-state index is 12.7. The lowest BCUT2D eigenvalue weighted by molar-refractivity contribution is -0.150. The molecule has 0 bridgehead atoms. The molecular formula is C28H30N2O7S. The lowest BCUT2D eigenvalue weighted by atomic mass is 9.83. The molecule has 10 heteroatoms. The number of carboxylic acid groups (broad SMARTS) is 2. The molecule has 0 amide bonds. The summed E-state index contributed by atoms with van der Waals surface area (Å²) in [6.07, 6.45) is 5.55. The number of rotatable bonds is 10. The summed E-state index contributed by atoms with van der Waals surface area (Å²) >= 11 is 0. The standard InChI is InChI=1S/C28H30N2O7S/c31-27(32)26(28(33)34)19-3-8-24(29-16-19)25-10-9-23(30-25)22(15-17-11-13-37-14-12-17)18-1-4-20(5-2-18)38(35,36)21-6-7-21/h1-5,8-10,16-17,21-22,26,30H,6-7,11-15H2,(H,31,32)(H,33,34). The number of nitrogens with zero attached hydrogens (tertiary/aromatic N) is 1. The molecule has 2 fully saturated rings. The van der Waals surface area contributed by atoms with Gasteiger partial charge in [-0.3, -0.25) is 14.6 Å². The Hall–Kier alpha value is -3.50. The highest BCUT2D eigenvalue weighted by atomic mass is 32.2. The van der Waals surface area contributed by atoms with E-state index in [9.17, 15) is 28.2 Å². The van der Waals surface area contributed by atoms with Gasteiger partial charge < -0.3 is 19.9 Å². The van der Waals surface area contributed by atoms with Gasteiger partial charge in [0.1, 0.15) is 0 Å². The minimum atomic E-state index is -3.26. The van der Waals surface area contributed by atoms with Crippen LogP contribution in [0.25, 0.3) is 11.4 Å². The van der Waals surface area contributed by atoms with Gasteiger partial charge >= 0.3 is 11.9 Å². The summed E-state index contributed by atoms with van der Waals surface area (Å²) < 4.78 is 30.9. The van der Waals surface area contributed by atoms with Gasteiger partial charge in [-0.25, -0.2) is 8.42 Å². The zero-order valence-corrected chi connectivity index (χ0v) is 21.6. The molecule has 1 atom stereocenters. The molecule has 1 unspecified atom stereocenters. The van der Waals surface area contributed by atoms with Crippen LogP contribution in [-0.2, 0) is 24.2 Å². The number of aliphatic carboxylic acids is 2. The topological polar surface area (TPSA) is 147 Å². The Morgan fingerprint density at radius 3 is 2.16 bits per heavy atom. The summed E-state index contributed by atoms with van der Waals surface area (Å²) in [5.41, 5.74) is 3.36. The van der Waals surface area contributed by atoms with Crippen LogP contribution in [-0.4, -0.2) is 59.0 Å². The zero-order chi connectivity index (χ0) is 26.9. The predicted molar refractivity (Wildman–Crippen MR) is 139 cm³/mol. The van der Waals surface area contributed by atoms with Crippen molar-refractivity contribution in [2.24, 2.45) is 5.92 Å². The van der Waals surface area contributed by atoms with E-state index in [2.05, 4.69) is 9.97 Å². The first-order valence-corrected chi connectivity index (χ1v) is 14.3. The first-order valence-electron chi connectivity index (χ1n) is 12.8. The average Bonchev–Trinajstić information content (AvgIpc) is 3.67. The molecule has 3 N–H and O–H groups in total. The Kier molecular flexibility index (Phi) is 7.36. The minimum Gasteiger partial charge on any atom is -0.480 e. The molecule has 0 radical (unpaired) electrons. The van der Waals surface area contributed by atoms with Crippen molar-refractivity contribution in [2.75, 3.05) is 13.2 Å². The number of pyridine rings is 1. The Balaban J connectivity index is 1.42. The number of hydrogen-bond donors (Lipinski definition) is 3. The second-order valence-electron chi connectivity index (χ2n) is 10.1. The number of sulfone groups is 1. The maximum atomic E-state index is 12.7. The molecule has 3 aromatic rings. The van der Waals surface area contributed by atoms with E-state index in [-0.39, 0.29) is 16.7 Å².